The molecule has 0 N–H and O–H groups in total. The maximum atomic E-state index is 10.9. The average Bonchev–Trinajstić information content (AvgIpc) is 2.59. The van der Waals surface area contributed by atoms with Gasteiger partial charge in [0.15, 0.2) is 0 Å². The van der Waals surface area contributed by atoms with Crippen LogP contribution in [0.3, 0.4) is 0 Å². The Kier molecular flexibility index (Phi) is 2.58. The van der Waals surface area contributed by atoms with Crippen LogP contribution in [0.2, 0.25) is 0 Å². The van der Waals surface area contributed by atoms with Crippen LogP contribution in [-0.2, 0) is 9.53 Å². The molecule has 2 atom stereocenters. The Labute approximate surface area is 89.6 Å². The van der Waals surface area contributed by atoms with Crippen molar-refractivity contribution in [1.82, 2.24) is 0 Å². The minimum Gasteiger partial charge on any atom is -0.462 e. The lowest BCUT2D eigenvalue weighted by molar-refractivity contribution is -0.145. The highest BCUT2D eigenvalue weighted by molar-refractivity contribution is 5.67. The lowest BCUT2D eigenvalue weighted by Gasteiger charge is -2.19. The van der Waals surface area contributed by atoms with Gasteiger partial charge in [0.25, 0.3) is 0 Å². The Morgan fingerprint density at radius 3 is 2.87 bits per heavy atom. The van der Waals surface area contributed by atoms with E-state index in [2.05, 4.69) is 24.3 Å². The molecule has 2 nitrogen and oxygen atoms in total. The summed E-state index contributed by atoms with van der Waals surface area (Å²) in [5.41, 5.74) is 2.47. The van der Waals surface area contributed by atoms with E-state index in [0.29, 0.717) is 0 Å². The van der Waals surface area contributed by atoms with Crippen LogP contribution < -0.4 is 0 Å². The number of hydrogen-bond donors (Lipinski definition) is 0. The SMILES string of the molecule is CC(=O)OC(C)C1C=Cc2ccccc21. The molecule has 0 amide bonds. The maximum absolute atomic E-state index is 10.9. The van der Waals surface area contributed by atoms with Gasteiger partial charge in [-0.05, 0) is 18.1 Å². The first-order chi connectivity index (χ1) is 7.18. The molecule has 1 aromatic carbocycles. The van der Waals surface area contributed by atoms with Crippen LogP contribution in [0.1, 0.15) is 30.9 Å². The predicted octanol–water partition coefficient (Wildman–Crippen LogP) is 2.75. The van der Waals surface area contributed by atoms with Crippen LogP contribution in [0.25, 0.3) is 6.08 Å². The zero-order valence-electron chi connectivity index (χ0n) is 8.94. The first-order valence-electron chi connectivity index (χ1n) is 5.13. The van der Waals surface area contributed by atoms with Crippen LogP contribution in [0.4, 0.5) is 0 Å². The highest BCUT2D eigenvalue weighted by Crippen LogP contribution is 2.33. The molecule has 0 saturated carbocycles. The fourth-order valence-corrected chi connectivity index (χ4v) is 2.02. The van der Waals surface area contributed by atoms with Crippen molar-refractivity contribution in [1.29, 1.82) is 0 Å². The second kappa shape index (κ2) is 3.89. The van der Waals surface area contributed by atoms with Crippen molar-refractivity contribution < 1.29 is 9.53 Å². The smallest absolute Gasteiger partial charge is 0.302 e. The van der Waals surface area contributed by atoms with E-state index in [-0.39, 0.29) is 18.0 Å². The van der Waals surface area contributed by atoms with Crippen molar-refractivity contribution >= 4 is 12.0 Å². The summed E-state index contributed by atoms with van der Waals surface area (Å²) in [5.74, 6) is -0.0228. The summed E-state index contributed by atoms with van der Waals surface area (Å²) in [6.45, 7) is 3.37. The molecule has 1 aliphatic rings. The van der Waals surface area contributed by atoms with E-state index >= 15 is 0 Å². The molecule has 0 spiro atoms. The van der Waals surface area contributed by atoms with E-state index in [0.717, 1.165) is 0 Å². The number of rotatable bonds is 2. The summed E-state index contributed by atoms with van der Waals surface area (Å²) in [6.07, 6.45) is 4.08. The van der Waals surface area contributed by atoms with Gasteiger partial charge in [0.05, 0.1) is 0 Å². The molecule has 0 heterocycles. The molecule has 2 heteroatoms. The van der Waals surface area contributed by atoms with Gasteiger partial charge in [-0.25, -0.2) is 0 Å². The second-order valence-corrected chi connectivity index (χ2v) is 3.83. The normalized spacial score (nSPS) is 19.7. The fourth-order valence-electron chi connectivity index (χ4n) is 2.02. The topological polar surface area (TPSA) is 26.3 Å². The number of fused-ring (bicyclic) bond motifs is 1. The van der Waals surface area contributed by atoms with Gasteiger partial charge in [0.1, 0.15) is 6.10 Å². The number of ether oxygens (including phenoxy) is 1. The van der Waals surface area contributed by atoms with E-state index in [4.69, 9.17) is 4.74 Å². The molecule has 0 saturated heterocycles. The van der Waals surface area contributed by atoms with Crippen LogP contribution in [0, 0.1) is 0 Å². The summed E-state index contributed by atoms with van der Waals surface area (Å²) in [4.78, 5) is 10.9. The van der Waals surface area contributed by atoms with Crippen molar-refractivity contribution in [3.63, 3.8) is 0 Å². The standard InChI is InChI=1S/C13H14O2/c1-9(15-10(2)14)12-8-7-11-5-3-4-6-13(11)12/h3-9,12H,1-2H3. The summed E-state index contributed by atoms with van der Waals surface area (Å²) >= 11 is 0. The Bertz CT molecular complexity index is 407. The number of carbonyl (C=O) groups excluding carboxylic acids is 1. The lowest BCUT2D eigenvalue weighted by atomic mass is 9.96. The average molecular weight is 202 g/mol. The molecule has 78 valence electrons. The Hall–Kier alpha value is -1.57. The largest absolute Gasteiger partial charge is 0.462 e. The van der Waals surface area contributed by atoms with E-state index in [9.17, 15) is 4.79 Å². The van der Waals surface area contributed by atoms with Gasteiger partial charge < -0.3 is 4.74 Å². The molecule has 0 radical (unpaired) electrons. The molecule has 2 unspecified atom stereocenters. The second-order valence-electron chi connectivity index (χ2n) is 3.83. The third-order valence-corrected chi connectivity index (χ3v) is 2.70. The molecular formula is C13H14O2. The van der Waals surface area contributed by atoms with Crippen molar-refractivity contribution in [3.05, 3.63) is 41.5 Å². The van der Waals surface area contributed by atoms with Crippen molar-refractivity contribution in [2.24, 2.45) is 0 Å². The van der Waals surface area contributed by atoms with Gasteiger partial charge in [-0.15, -0.1) is 0 Å². The van der Waals surface area contributed by atoms with Crippen molar-refractivity contribution in [2.75, 3.05) is 0 Å². The summed E-state index contributed by atoms with van der Waals surface area (Å²) in [6, 6.07) is 8.19. The molecule has 0 aliphatic heterocycles. The molecule has 15 heavy (non-hydrogen) atoms. The first-order valence-corrected chi connectivity index (χ1v) is 5.13. The molecule has 1 aromatic rings. The van der Waals surface area contributed by atoms with Gasteiger partial charge >= 0.3 is 5.97 Å². The number of hydrogen-bond acceptors (Lipinski definition) is 2. The zero-order chi connectivity index (χ0) is 10.8. The van der Waals surface area contributed by atoms with Gasteiger partial charge in [0.2, 0.25) is 0 Å². The molecule has 2 rings (SSSR count). The van der Waals surface area contributed by atoms with Crippen LogP contribution >= 0.6 is 0 Å². The van der Waals surface area contributed by atoms with E-state index < -0.39 is 0 Å². The maximum Gasteiger partial charge on any atom is 0.302 e. The van der Waals surface area contributed by atoms with Gasteiger partial charge in [-0.1, -0.05) is 36.4 Å². The van der Waals surface area contributed by atoms with Crippen LogP contribution in [0.5, 0.6) is 0 Å². The summed E-state index contributed by atoms with van der Waals surface area (Å²) in [7, 11) is 0. The number of benzene rings is 1. The van der Waals surface area contributed by atoms with Crippen LogP contribution in [0.15, 0.2) is 30.3 Å². The number of carbonyl (C=O) groups is 1. The minimum absolute atomic E-state index is 0.0950. The van der Waals surface area contributed by atoms with E-state index in [1.165, 1.54) is 18.1 Å². The first kappa shape index (κ1) is 9.97. The van der Waals surface area contributed by atoms with Crippen molar-refractivity contribution in [3.8, 4) is 0 Å². The molecule has 0 bridgehead atoms. The third kappa shape index (κ3) is 1.94. The predicted molar refractivity (Wildman–Crippen MR) is 59.4 cm³/mol. The lowest BCUT2D eigenvalue weighted by Crippen LogP contribution is -2.19. The zero-order valence-corrected chi connectivity index (χ0v) is 8.94. The highest BCUT2D eigenvalue weighted by Gasteiger charge is 2.24. The summed E-state index contributed by atoms with van der Waals surface area (Å²) in [5, 5.41) is 0. The number of esters is 1. The molecular weight excluding hydrogens is 188 g/mol. The summed E-state index contributed by atoms with van der Waals surface area (Å²) < 4.78 is 5.20. The molecule has 0 aromatic heterocycles. The van der Waals surface area contributed by atoms with E-state index in [1.54, 1.807) is 0 Å². The van der Waals surface area contributed by atoms with Gasteiger partial charge in [0, 0.05) is 12.8 Å². The third-order valence-electron chi connectivity index (χ3n) is 2.70. The Morgan fingerprint density at radius 1 is 1.40 bits per heavy atom. The monoisotopic (exact) mass is 202 g/mol. The highest BCUT2D eigenvalue weighted by atomic mass is 16.5. The van der Waals surface area contributed by atoms with Crippen LogP contribution in [-0.4, -0.2) is 12.1 Å². The molecule has 1 aliphatic carbocycles. The Balaban J connectivity index is 2.20. The van der Waals surface area contributed by atoms with Gasteiger partial charge in [-0.2, -0.15) is 0 Å². The fraction of sp³-hybridized carbons (Fsp3) is 0.308. The minimum atomic E-state index is -0.222. The van der Waals surface area contributed by atoms with E-state index in [1.807, 2.05) is 19.1 Å². The molecule has 0 fully saturated rings. The van der Waals surface area contributed by atoms with Gasteiger partial charge in [-0.3, -0.25) is 4.79 Å². The Morgan fingerprint density at radius 2 is 2.13 bits per heavy atom. The quantitative estimate of drug-likeness (QED) is 0.689. The van der Waals surface area contributed by atoms with Crippen molar-refractivity contribution in [2.45, 2.75) is 25.9 Å².